The van der Waals surface area contributed by atoms with E-state index in [0.29, 0.717) is 36.0 Å². The van der Waals surface area contributed by atoms with Gasteiger partial charge in [-0.15, -0.1) is 11.8 Å². The summed E-state index contributed by atoms with van der Waals surface area (Å²) in [5.41, 5.74) is 1.88. The van der Waals surface area contributed by atoms with E-state index in [2.05, 4.69) is 30.6 Å². The minimum Gasteiger partial charge on any atom is -0.475 e. The lowest BCUT2D eigenvalue weighted by Crippen LogP contribution is -2.26. The molecule has 1 amide bonds. The van der Waals surface area contributed by atoms with E-state index in [1.165, 1.54) is 25.1 Å². The number of anilines is 4. The molecule has 5 N–H and O–H groups in total. The molecule has 17 heteroatoms. The summed E-state index contributed by atoms with van der Waals surface area (Å²) >= 11 is 1.48. The number of halogens is 3. The Balaban J connectivity index is 0.000000745. The maximum Gasteiger partial charge on any atom is 0.490 e. The second-order valence-electron chi connectivity index (χ2n) is 7.74. The first-order chi connectivity index (χ1) is 19.3. The zero-order chi connectivity index (χ0) is 30.6. The number of rotatable bonds is 11. The fraction of sp³-hybridized carbons (Fsp3) is 0.250. The molecule has 12 nitrogen and oxygen atoms in total. The van der Waals surface area contributed by atoms with Crippen LogP contribution in [-0.2, 0) is 19.6 Å². The molecule has 0 aliphatic rings. The molecule has 1 aromatic heterocycles. The van der Waals surface area contributed by atoms with Crippen molar-refractivity contribution in [3.05, 3.63) is 60.4 Å². The number of nitrogens with zero attached hydrogens (tertiary/aromatic N) is 2. The fourth-order valence-corrected chi connectivity index (χ4v) is 4.21. The Hall–Kier alpha value is -3.93. The van der Waals surface area contributed by atoms with Gasteiger partial charge in [0.15, 0.2) is 0 Å². The molecule has 0 atom stereocenters. The van der Waals surface area contributed by atoms with Crippen LogP contribution in [0, 0.1) is 0 Å². The van der Waals surface area contributed by atoms with Crippen LogP contribution in [0.5, 0.6) is 0 Å². The monoisotopic (exact) mass is 616 g/mol. The lowest BCUT2D eigenvalue weighted by Gasteiger charge is -2.13. The normalized spacial score (nSPS) is 11.2. The van der Waals surface area contributed by atoms with E-state index in [0.717, 1.165) is 10.6 Å². The van der Waals surface area contributed by atoms with Crippen molar-refractivity contribution in [3.63, 3.8) is 0 Å². The van der Waals surface area contributed by atoms with Crippen molar-refractivity contribution in [1.29, 1.82) is 0 Å². The molecule has 0 aliphatic heterocycles. The van der Waals surface area contributed by atoms with Gasteiger partial charge in [-0.3, -0.25) is 4.79 Å². The predicted octanol–water partition coefficient (Wildman–Crippen LogP) is 3.60. The molecule has 222 valence electrons. The van der Waals surface area contributed by atoms with Gasteiger partial charge in [-0.05, 0) is 55.8 Å². The maximum atomic E-state index is 12.2. The number of methoxy groups -OCH3 is 1. The van der Waals surface area contributed by atoms with E-state index in [4.69, 9.17) is 14.6 Å². The highest BCUT2D eigenvalue weighted by Crippen LogP contribution is 2.30. The third kappa shape index (κ3) is 10.5. The van der Waals surface area contributed by atoms with Crippen LogP contribution in [0.1, 0.15) is 10.4 Å². The van der Waals surface area contributed by atoms with Crippen molar-refractivity contribution in [1.82, 2.24) is 20.0 Å². The number of carbonyl (C=O) groups is 2. The number of nitrogens with one attached hydrogen (secondary N) is 4. The molecule has 3 rings (SSSR count). The molecule has 0 radical (unpaired) electrons. The summed E-state index contributed by atoms with van der Waals surface area (Å²) in [7, 11) is -0.636. The molecule has 0 bridgehead atoms. The summed E-state index contributed by atoms with van der Waals surface area (Å²) < 4.78 is 63.3. The smallest absolute Gasteiger partial charge is 0.475 e. The van der Waals surface area contributed by atoms with Crippen molar-refractivity contribution in [2.75, 3.05) is 44.2 Å². The SMILES string of the molecule is CNS(=O)(=O)c1ccc(SC)c(Nc2cc(Nc3ccc(C(=O)NCCOC)cc3)ncn2)c1.O=C(O)C(F)(F)F. The van der Waals surface area contributed by atoms with E-state index >= 15 is 0 Å². The van der Waals surface area contributed by atoms with Crippen LogP contribution < -0.4 is 20.7 Å². The zero-order valence-corrected chi connectivity index (χ0v) is 23.6. The van der Waals surface area contributed by atoms with Crippen LogP contribution in [0.25, 0.3) is 0 Å². The number of carboxylic acid groups (broad SMARTS) is 1. The Bertz CT molecular complexity index is 1440. The van der Waals surface area contributed by atoms with Gasteiger partial charge >= 0.3 is 12.1 Å². The summed E-state index contributed by atoms with van der Waals surface area (Å²) in [4.78, 5) is 30.5. The van der Waals surface area contributed by atoms with Crippen LogP contribution in [-0.4, -0.2) is 75.1 Å². The number of amides is 1. The summed E-state index contributed by atoms with van der Waals surface area (Å²) in [6.07, 6.45) is -1.78. The van der Waals surface area contributed by atoms with Gasteiger partial charge in [0.25, 0.3) is 5.91 Å². The number of alkyl halides is 3. The van der Waals surface area contributed by atoms with Gasteiger partial charge in [-0.2, -0.15) is 13.2 Å². The maximum absolute atomic E-state index is 12.2. The second kappa shape index (κ2) is 15.2. The molecule has 3 aromatic rings. The first-order valence-electron chi connectivity index (χ1n) is 11.5. The Morgan fingerprint density at radius 1 is 1.02 bits per heavy atom. The van der Waals surface area contributed by atoms with Gasteiger partial charge in [0.2, 0.25) is 10.0 Å². The van der Waals surface area contributed by atoms with Gasteiger partial charge in [-0.25, -0.2) is 27.9 Å². The zero-order valence-electron chi connectivity index (χ0n) is 21.9. The van der Waals surface area contributed by atoms with E-state index in [-0.39, 0.29) is 10.8 Å². The second-order valence-corrected chi connectivity index (χ2v) is 10.5. The summed E-state index contributed by atoms with van der Waals surface area (Å²) in [5.74, 6) is -1.92. The van der Waals surface area contributed by atoms with E-state index in [9.17, 15) is 26.4 Å². The Morgan fingerprint density at radius 3 is 2.17 bits per heavy atom. The van der Waals surface area contributed by atoms with Crippen molar-refractivity contribution >= 4 is 56.7 Å². The Kier molecular flexibility index (Phi) is 12.3. The number of benzene rings is 2. The van der Waals surface area contributed by atoms with Crippen molar-refractivity contribution < 1.29 is 41.0 Å². The number of aliphatic carboxylic acids is 1. The van der Waals surface area contributed by atoms with Crippen LogP contribution in [0.4, 0.5) is 36.2 Å². The van der Waals surface area contributed by atoms with Crippen molar-refractivity contribution in [2.24, 2.45) is 0 Å². The third-order valence-electron chi connectivity index (χ3n) is 4.93. The van der Waals surface area contributed by atoms with Gasteiger partial charge in [-0.1, -0.05) is 0 Å². The molecule has 41 heavy (non-hydrogen) atoms. The number of carbonyl (C=O) groups excluding carboxylic acids is 1. The molecule has 2 aromatic carbocycles. The van der Waals surface area contributed by atoms with Crippen LogP contribution in [0.15, 0.2) is 64.6 Å². The fourth-order valence-electron chi connectivity index (χ4n) is 2.92. The highest BCUT2D eigenvalue weighted by atomic mass is 32.2. The van der Waals surface area contributed by atoms with E-state index < -0.39 is 22.2 Å². The quantitative estimate of drug-likeness (QED) is 0.157. The number of hydrogen-bond donors (Lipinski definition) is 5. The lowest BCUT2D eigenvalue weighted by molar-refractivity contribution is -0.192. The van der Waals surface area contributed by atoms with Crippen LogP contribution in [0.2, 0.25) is 0 Å². The first-order valence-corrected chi connectivity index (χ1v) is 14.2. The number of ether oxygens (including phenoxy) is 1. The van der Waals surface area contributed by atoms with Gasteiger partial charge < -0.3 is 25.8 Å². The highest BCUT2D eigenvalue weighted by Gasteiger charge is 2.38. The molecular weight excluding hydrogens is 589 g/mol. The van der Waals surface area contributed by atoms with Crippen molar-refractivity contribution in [2.45, 2.75) is 16.0 Å². The van der Waals surface area contributed by atoms with Gasteiger partial charge in [0.05, 0.1) is 17.2 Å². The highest BCUT2D eigenvalue weighted by molar-refractivity contribution is 7.98. The Morgan fingerprint density at radius 2 is 1.63 bits per heavy atom. The molecule has 1 heterocycles. The number of aromatic nitrogens is 2. The third-order valence-corrected chi connectivity index (χ3v) is 7.14. The standard InChI is InChI=1S/C22H26N6O4S2.C2HF3O2/c1-23-34(30,31)17-8-9-19(33-3)18(12-17)28-21-13-20(25-14-26-21)27-16-6-4-15(5-7-16)22(29)24-10-11-32-2;3-2(4,5)1(6)7/h4-9,12-14,23H,10-11H2,1-3H3,(H,24,29)(H2,25,26,27,28);(H,6,7). The molecule has 0 spiro atoms. The Labute approximate surface area is 238 Å². The molecular formula is C24H27F3N6O6S2. The topological polar surface area (TPSA) is 172 Å². The van der Waals surface area contributed by atoms with Crippen molar-refractivity contribution in [3.8, 4) is 0 Å². The molecule has 0 saturated heterocycles. The predicted molar refractivity (Wildman–Crippen MR) is 147 cm³/mol. The van der Waals surface area contributed by atoms with Crippen LogP contribution >= 0.6 is 11.8 Å². The van der Waals surface area contributed by atoms with Gasteiger partial charge in [0, 0.05) is 35.9 Å². The van der Waals surface area contributed by atoms with E-state index in [1.54, 1.807) is 55.6 Å². The number of hydrogen-bond acceptors (Lipinski definition) is 10. The summed E-state index contributed by atoms with van der Waals surface area (Å²) in [5, 5.41) is 16.2. The summed E-state index contributed by atoms with van der Waals surface area (Å²) in [6.45, 7) is 0.886. The molecule has 0 fully saturated rings. The largest absolute Gasteiger partial charge is 0.490 e. The number of thioether (sulfide) groups is 1. The summed E-state index contributed by atoms with van der Waals surface area (Å²) in [6, 6.07) is 13.5. The number of sulfonamides is 1. The average molecular weight is 617 g/mol. The van der Waals surface area contributed by atoms with E-state index in [1.807, 2.05) is 6.26 Å². The lowest BCUT2D eigenvalue weighted by atomic mass is 10.2. The number of carboxylic acids is 1. The average Bonchev–Trinajstić information content (AvgIpc) is 2.93. The minimum atomic E-state index is -5.08. The molecule has 0 saturated carbocycles. The van der Waals surface area contributed by atoms with Gasteiger partial charge in [0.1, 0.15) is 18.0 Å². The first kappa shape index (κ1) is 33.3. The molecule has 0 aliphatic carbocycles. The minimum absolute atomic E-state index is 0.147. The van der Waals surface area contributed by atoms with Crippen LogP contribution in [0.3, 0.4) is 0 Å². The molecule has 0 unspecified atom stereocenters.